The van der Waals surface area contributed by atoms with E-state index in [1.54, 1.807) is 0 Å². The molecule has 1 fully saturated rings. The van der Waals surface area contributed by atoms with Crippen LogP contribution in [0.4, 0.5) is 0 Å². The first-order valence-corrected chi connectivity index (χ1v) is 6.00. The predicted molar refractivity (Wildman–Crippen MR) is 63.3 cm³/mol. The number of likely N-dealkylation sites (N-methyl/N-ethyl adjacent to an activating group) is 1. The van der Waals surface area contributed by atoms with Crippen molar-refractivity contribution in [3.8, 4) is 0 Å². The zero-order valence-electron chi connectivity index (χ0n) is 10.4. The molecular formula is C12H21N3O. The van der Waals surface area contributed by atoms with Crippen molar-refractivity contribution in [2.45, 2.75) is 39.3 Å². The normalized spacial score (nSPS) is 22.6. The van der Waals surface area contributed by atoms with Crippen molar-refractivity contribution in [1.29, 1.82) is 0 Å². The molecule has 1 aliphatic heterocycles. The molecule has 1 saturated heterocycles. The Kier molecular flexibility index (Phi) is 3.61. The summed E-state index contributed by atoms with van der Waals surface area (Å²) in [6, 6.07) is 0.575. The molecule has 0 amide bonds. The molecule has 2 heterocycles. The van der Waals surface area contributed by atoms with E-state index < -0.39 is 0 Å². The minimum absolute atomic E-state index is 0.575. The first-order valence-electron chi connectivity index (χ1n) is 6.00. The quantitative estimate of drug-likeness (QED) is 0.842. The van der Waals surface area contributed by atoms with Crippen molar-refractivity contribution in [3.63, 3.8) is 0 Å². The molecule has 0 bridgehead atoms. The second-order valence-corrected chi connectivity index (χ2v) is 4.73. The van der Waals surface area contributed by atoms with Crippen LogP contribution in [0.2, 0.25) is 0 Å². The first-order chi connectivity index (χ1) is 7.65. The third-order valence-corrected chi connectivity index (χ3v) is 3.24. The highest BCUT2D eigenvalue weighted by molar-refractivity contribution is 5.05. The summed E-state index contributed by atoms with van der Waals surface area (Å²) in [6.07, 6.45) is 2.53. The van der Waals surface area contributed by atoms with Gasteiger partial charge in [0.15, 0.2) is 0 Å². The van der Waals surface area contributed by atoms with Gasteiger partial charge in [0.05, 0.1) is 12.2 Å². The molecular weight excluding hydrogens is 202 g/mol. The average molecular weight is 223 g/mol. The maximum atomic E-state index is 5.54. The Balaban J connectivity index is 1.82. The number of rotatable bonds is 3. The maximum absolute atomic E-state index is 5.54. The molecule has 4 nitrogen and oxygen atoms in total. The summed E-state index contributed by atoms with van der Waals surface area (Å²) in [5, 5.41) is 3.51. The molecule has 1 aromatic rings. The van der Waals surface area contributed by atoms with Gasteiger partial charge in [-0.3, -0.25) is 0 Å². The van der Waals surface area contributed by atoms with Crippen LogP contribution in [0.25, 0.3) is 0 Å². The number of hydrogen-bond acceptors (Lipinski definition) is 4. The highest BCUT2D eigenvalue weighted by Crippen LogP contribution is 2.11. The van der Waals surface area contributed by atoms with Gasteiger partial charge < -0.3 is 14.6 Å². The summed E-state index contributed by atoms with van der Waals surface area (Å²) in [6.45, 7) is 7.03. The molecule has 16 heavy (non-hydrogen) atoms. The van der Waals surface area contributed by atoms with Gasteiger partial charge in [-0.1, -0.05) is 0 Å². The lowest BCUT2D eigenvalue weighted by atomic mass is 10.1. The number of nitrogens with one attached hydrogen (secondary N) is 1. The molecule has 2 rings (SSSR count). The van der Waals surface area contributed by atoms with Gasteiger partial charge in [0.25, 0.3) is 0 Å². The fourth-order valence-electron chi connectivity index (χ4n) is 2.18. The lowest BCUT2D eigenvalue weighted by molar-refractivity contribution is 0.223. The smallest absolute Gasteiger partial charge is 0.208 e. The summed E-state index contributed by atoms with van der Waals surface area (Å²) in [4.78, 5) is 6.74. The highest BCUT2D eigenvalue weighted by Gasteiger charge is 2.17. The monoisotopic (exact) mass is 223 g/mol. The van der Waals surface area contributed by atoms with Gasteiger partial charge >= 0.3 is 0 Å². The Hall–Kier alpha value is -0.870. The Morgan fingerprint density at radius 2 is 2.31 bits per heavy atom. The lowest BCUT2D eigenvalue weighted by Crippen LogP contribution is -2.43. The molecule has 4 heteroatoms. The molecule has 90 valence electrons. The van der Waals surface area contributed by atoms with Crippen LogP contribution in [0, 0.1) is 13.8 Å². The van der Waals surface area contributed by atoms with E-state index >= 15 is 0 Å². The number of oxazole rings is 1. The summed E-state index contributed by atoms with van der Waals surface area (Å²) in [5.74, 6) is 1.74. The van der Waals surface area contributed by atoms with Gasteiger partial charge in [0.2, 0.25) is 5.89 Å². The summed E-state index contributed by atoms with van der Waals surface area (Å²) in [7, 11) is 2.17. The third kappa shape index (κ3) is 2.83. The van der Waals surface area contributed by atoms with Gasteiger partial charge in [0.1, 0.15) is 5.76 Å². The van der Waals surface area contributed by atoms with Crippen molar-refractivity contribution < 1.29 is 4.42 Å². The molecule has 1 aliphatic rings. The van der Waals surface area contributed by atoms with Gasteiger partial charge in [-0.2, -0.15) is 0 Å². The van der Waals surface area contributed by atoms with Crippen molar-refractivity contribution in [2.75, 3.05) is 20.1 Å². The SMILES string of the molecule is Cc1nc(CNC2CCCN(C)C2)oc1C. The number of aromatic nitrogens is 1. The molecule has 1 aromatic heterocycles. The second-order valence-electron chi connectivity index (χ2n) is 4.73. The Bertz CT molecular complexity index is 329. The maximum Gasteiger partial charge on any atom is 0.208 e. The van der Waals surface area contributed by atoms with Gasteiger partial charge in [0, 0.05) is 12.6 Å². The lowest BCUT2D eigenvalue weighted by Gasteiger charge is -2.29. The van der Waals surface area contributed by atoms with Crippen LogP contribution in [0.1, 0.15) is 30.2 Å². The largest absolute Gasteiger partial charge is 0.444 e. The van der Waals surface area contributed by atoms with Crippen LogP contribution < -0.4 is 5.32 Å². The molecule has 0 aliphatic carbocycles. The summed E-state index contributed by atoms with van der Waals surface area (Å²) >= 11 is 0. The van der Waals surface area contributed by atoms with Crippen LogP contribution in [0.3, 0.4) is 0 Å². The Morgan fingerprint density at radius 3 is 2.94 bits per heavy atom. The van der Waals surface area contributed by atoms with Crippen molar-refractivity contribution in [1.82, 2.24) is 15.2 Å². The average Bonchev–Trinajstić information content (AvgIpc) is 2.56. The van der Waals surface area contributed by atoms with Crippen LogP contribution in [-0.4, -0.2) is 36.1 Å². The van der Waals surface area contributed by atoms with E-state index in [1.807, 2.05) is 13.8 Å². The van der Waals surface area contributed by atoms with Crippen molar-refractivity contribution >= 4 is 0 Å². The Labute approximate surface area is 97.0 Å². The zero-order valence-corrected chi connectivity index (χ0v) is 10.4. The highest BCUT2D eigenvalue weighted by atomic mass is 16.4. The molecule has 0 saturated carbocycles. The van der Waals surface area contributed by atoms with Crippen LogP contribution in [-0.2, 0) is 6.54 Å². The standard InChI is InChI=1S/C12H21N3O/c1-9-10(2)16-12(14-9)7-13-11-5-4-6-15(3)8-11/h11,13H,4-8H2,1-3H3. The van der Waals surface area contributed by atoms with Gasteiger partial charge in [-0.25, -0.2) is 4.98 Å². The zero-order chi connectivity index (χ0) is 11.5. The molecule has 1 unspecified atom stereocenters. The third-order valence-electron chi connectivity index (χ3n) is 3.24. The van der Waals surface area contributed by atoms with E-state index in [0.717, 1.165) is 30.4 Å². The number of likely N-dealkylation sites (tertiary alicyclic amines) is 1. The van der Waals surface area contributed by atoms with Crippen molar-refractivity contribution in [3.05, 3.63) is 17.3 Å². The van der Waals surface area contributed by atoms with E-state index in [1.165, 1.54) is 19.4 Å². The predicted octanol–water partition coefficient (Wildman–Crippen LogP) is 1.48. The van der Waals surface area contributed by atoms with E-state index in [9.17, 15) is 0 Å². The topological polar surface area (TPSA) is 41.3 Å². The summed E-state index contributed by atoms with van der Waals surface area (Å²) in [5.41, 5.74) is 0.998. The van der Waals surface area contributed by atoms with Crippen LogP contribution in [0.15, 0.2) is 4.42 Å². The number of piperidine rings is 1. The summed E-state index contributed by atoms with van der Waals surface area (Å²) < 4.78 is 5.54. The van der Waals surface area contributed by atoms with E-state index in [0.29, 0.717) is 6.04 Å². The van der Waals surface area contributed by atoms with E-state index in [-0.39, 0.29) is 0 Å². The van der Waals surface area contributed by atoms with Crippen LogP contribution >= 0.6 is 0 Å². The first kappa shape index (κ1) is 11.6. The van der Waals surface area contributed by atoms with Gasteiger partial charge in [-0.05, 0) is 40.3 Å². The fourth-order valence-corrected chi connectivity index (χ4v) is 2.18. The molecule has 0 aromatic carbocycles. The minimum Gasteiger partial charge on any atom is -0.444 e. The number of hydrogen-bond donors (Lipinski definition) is 1. The van der Waals surface area contributed by atoms with Crippen molar-refractivity contribution in [2.24, 2.45) is 0 Å². The minimum atomic E-state index is 0.575. The van der Waals surface area contributed by atoms with E-state index in [4.69, 9.17) is 4.42 Å². The number of aryl methyl sites for hydroxylation is 2. The number of nitrogens with zero attached hydrogens (tertiary/aromatic N) is 2. The molecule has 1 N–H and O–H groups in total. The Morgan fingerprint density at radius 1 is 1.50 bits per heavy atom. The van der Waals surface area contributed by atoms with Crippen LogP contribution in [0.5, 0.6) is 0 Å². The van der Waals surface area contributed by atoms with E-state index in [2.05, 4.69) is 22.2 Å². The fraction of sp³-hybridized carbons (Fsp3) is 0.750. The second kappa shape index (κ2) is 4.97. The van der Waals surface area contributed by atoms with Gasteiger partial charge in [-0.15, -0.1) is 0 Å². The molecule has 0 radical (unpaired) electrons. The molecule has 1 atom stereocenters. The molecule has 0 spiro atoms.